The predicted molar refractivity (Wildman–Crippen MR) is 222 cm³/mol. The zero-order valence-corrected chi connectivity index (χ0v) is 36.5. The number of likely N-dealkylation sites (N-methyl/N-ethyl adjacent to an activating group) is 2. The summed E-state index contributed by atoms with van der Waals surface area (Å²) >= 11 is 0. The van der Waals surface area contributed by atoms with E-state index in [-0.39, 0.29) is 30.6 Å². The maximum Gasteiger partial charge on any atom is 0.334 e. The molecule has 2 rings (SSSR count). The van der Waals surface area contributed by atoms with Crippen LogP contribution in [0.4, 0.5) is 0 Å². The lowest BCUT2D eigenvalue weighted by Crippen LogP contribution is -2.57. The molecule has 322 valence electrons. The SMILES string of the molecule is C/C=C(\C)[C@H]1OC(=O)[C@@H](C)NC(=O)[C@H](C(C)CC)NC(=O)CN(C)C(=O)[C@@H](Cc2ccccc2)N(C)C(=O)[C@H](C)NC(=O)[C@@H](CC(C)C)OC(=O)/C(C)=C/CC[C@@H]1C. The minimum atomic E-state index is -1.19. The van der Waals surface area contributed by atoms with Crippen molar-refractivity contribution in [2.45, 2.75) is 138 Å². The van der Waals surface area contributed by atoms with Crippen LogP contribution in [0.3, 0.4) is 0 Å². The van der Waals surface area contributed by atoms with E-state index in [1.165, 1.54) is 37.7 Å². The van der Waals surface area contributed by atoms with Crippen molar-refractivity contribution in [3.05, 3.63) is 59.2 Å². The first-order valence-electron chi connectivity index (χ1n) is 20.4. The Balaban J connectivity index is 2.58. The van der Waals surface area contributed by atoms with Crippen LogP contribution in [0.2, 0.25) is 0 Å². The number of cyclic esters (lactones) is 2. The number of carbonyl (C=O) groups excluding carboxylic acids is 7. The van der Waals surface area contributed by atoms with Crippen molar-refractivity contribution in [3.63, 3.8) is 0 Å². The molecule has 14 nitrogen and oxygen atoms in total. The summed E-state index contributed by atoms with van der Waals surface area (Å²) in [4.78, 5) is 97.9. The van der Waals surface area contributed by atoms with Gasteiger partial charge in [-0.05, 0) is 82.8 Å². The van der Waals surface area contributed by atoms with Crippen LogP contribution in [0, 0.1) is 17.8 Å². The average molecular weight is 810 g/mol. The summed E-state index contributed by atoms with van der Waals surface area (Å²) in [7, 11) is 2.89. The van der Waals surface area contributed by atoms with Crippen LogP contribution in [-0.2, 0) is 49.5 Å². The largest absolute Gasteiger partial charge is 0.456 e. The van der Waals surface area contributed by atoms with Crippen molar-refractivity contribution in [1.29, 1.82) is 0 Å². The molecule has 0 radical (unpaired) electrons. The third-order valence-corrected chi connectivity index (χ3v) is 10.7. The Bertz CT molecular complexity index is 1660. The molecule has 8 atom stereocenters. The Morgan fingerprint density at radius 2 is 1.50 bits per heavy atom. The van der Waals surface area contributed by atoms with Crippen molar-refractivity contribution in [2.24, 2.45) is 17.8 Å². The van der Waals surface area contributed by atoms with Gasteiger partial charge in [-0.3, -0.25) is 24.0 Å². The fourth-order valence-electron chi connectivity index (χ4n) is 6.59. The Morgan fingerprint density at radius 1 is 0.879 bits per heavy atom. The van der Waals surface area contributed by atoms with Gasteiger partial charge in [-0.2, -0.15) is 0 Å². The van der Waals surface area contributed by atoms with Gasteiger partial charge in [0.1, 0.15) is 30.3 Å². The van der Waals surface area contributed by atoms with E-state index in [4.69, 9.17) is 9.47 Å². The van der Waals surface area contributed by atoms with Gasteiger partial charge in [0.15, 0.2) is 6.10 Å². The number of allylic oxidation sites excluding steroid dienone is 2. The van der Waals surface area contributed by atoms with Crippen molar-refractivity contribution in [2.75, 3.05) is 20.6 Å². The number of nitrogens with one attached hydrogen (secondary N) is 3. The van der Waals surface area contributed by atoms with E-state index >= 15 is 0 Å². The van der Waals surface area contributed by atoms with Crippen LogP contribution in [0.5, 0.6) is 0 Å². The molecular weight excluding hydrogens is 743 g/mol. The van der Waals surface area contributed by atoms with E-state index in [0.29, 0.717) is 24.8 Å². The molecule has 5 amide bonds. The average Bonchev–Trinajstić information content (AvgIpc) is 3.18. The number of rotatable bonds is 7. The number of ether oxygens (including phenoxy) is 2. The molecule has 0 spiro atoms. The van der Waals surface area contributed by atoms with Gasteiger partial charge < -0.3 is 35.2 Å². The minimum Gasteiger partial charge on any atom is -0.456 e. The second-order valence-corrected chi connectivity index (χ2v) is 16.1. The number of benzene rings is 1. The van der Waals surface area contributed by atoms with Gasteiger partial charge in [-0.25, -0.2) is 9.59 Å². The van der Waals surface area contributed by atoms with E-state index < -0.39 is 84.4 Å². The van der Waals surface area contributed by atoms with E-state index in [1.54, 1.807) is 32.1 Å². The van der Waals surface area contributed by atoms with Gasteiger partial charge >= 0.3 is 11.9 Å². The quantitative estimate of drug-likeness (QED) is 0.268. The Hall–Kier alpha value is -5.01. The minimum absolute atomic E-state index is 0.0330. The highest BCUT2D eigenvalue weighted by atomic mass is 16.6. The fourth-order valence-corrected chi connectivity index (χ4v) is 6.59. The highest BCUT2D eigenvalue weighted by Crippen LogP contribution is 2.23. The standard InChI is InChI=1S/C44H67N5O9/c1-13-27(5)37-40(52)46-32(10)44(56)58-38(28(6)14-2)29(7)19-18-20-30(8)43(55)57-35(23-26(3)4)39(51)45-31(9)41(53)49(12)34(24-33-21-16-15-17-22-33)42(54)48(11)25-36(50)47-37/h14-17,20-22,26-27,29,31-32,34-35,37-38H,13,18-19,23-25H2,1-12H3,(H,45,51)(H,46,52)(H,47,50)/b28-14+,30-20+/t27?,29-,31-,32+,34+,35+,37-,38+/m0/s1. The second kappa shape index (κ2) is 23.4. The number of amides is 5. The zero-order valence-electron chi connectivity index (χ0n) is 36.5. The summed E-state index contributed by atoms with van der Waals surface area (Å²) in [6, 6.07) is 4.79. The van der Waals surface area contributed by atoms with Gasteiger partial charge in [0.2, 0.25) is 23.6 Å². The van der Waals surface area contributed by atoms with Crippen molar-refractivity contribution in [1.82, 2.24) is 25.8 Å². The van der Waals surface area contributed by atoms with E-state index in [1.807, 2.05) is 65.8 Å². The summed E-state index contributed by atoms with van der Waals surface area (Å²) in [6.45, 7) is 17.2. The molecule has 0 saturated carbocycles. The molecule has 1 aromatic rings. The molecule has 0 bridgehead atoms. The maximum absolute atomic E-state index is 14.1. The third kappa shape index (κ3) is 14.7. The first kappa shape index (κ1) is 49.1. The molecule has 1 unspecified atom stereocenters. The van der Waals surface area contributed by atoms with Gasteiger partial charge in [-0.1, -0.05) is 83.5 Å². The first-order chi connectivity index (χ1) is 27.2. The molecule has 0 aliphatic carbocycles. The molecule has 58 heavy (non-hydrogen) atoms. The molecule has 1 aromatic carbocycles. The zero-order chi connectivity index (χ0) is 43.9. The summed E-state index contributed by atoms with van der Waals surface area (Å²) in [5.74, 6) is -4.87. The second-order valence-electron chi connectivity index (χ2n) is 16.1. The molecular formula is C44H67N5O9. The van der Waals surface area contributed by atoms with Gasteiger partial charge in [0, 0.05) is 26.1 Å². The number of hydrogen-bond acceptors (Lipinski definition) is 9. The molecule has 0 fully saturated rings. The molecule has 3 N–H and O–H groups in total. The molecule has 1 aliphatic heterocycles. The first-order valence-corrected chi connectivity index (χ1v) is 20.4. The highest BCUT2D eigenvalue weighted by molar-refractivity contribution is 5.96. The molecule has 1 heterocycles. The molecule has 14 heteroatoms. The monoisotopic (exact) mass is 809 g/mol. The summed E-state index contributed by atoms with van der Waals surface area (Å²) in [5, 5.41) is 8.15. The molecule has 0 aromatic heterocycles. The van der Waals surface area contributed by atoms with Crippen LogP contribution in [0.15, 0.2) is 53.6 Å². The maximum atomic E-state index is 14.1. The Kier molecular flexibility index (Phi) is 19.8. The number of nitrogens with zero attached hydrogens (tertiary/aromatic N) is 2. The highest BCUT2D eigenvalue weighted by Gasteiger charge is 2.36. The lowest BCUT2D eigenvalue weighted by atomic mass is 9.93. The lowest BCUT2D eigenvalue weighted by molar-refractivity contribution is -0.154. The van der Waals surface area contributed by atoms with Crippen molar-refractivity contribution >= 4 is 41.5 Å². The van der Waals surface area contributed by atoms with Gasteiger partial charge in [0.25, 0.3) is 5.91 Å². The molecule has 1 aliphatic rings. The van der Waals surface area contributed by atoms with Crippen molar-refractivity contribution in [3.8, 4) is 0 Å². The molecule has 0 saturated heterocycles. The summed E-state index contributed by atoms with van der Waals surface area (Å²) < 4.78 is 11.7. The normalized spacial score (nSPS) is 27.8. The fraction of sp³-hybridized carbons (Fsp3) is 0.614. The van der Waals surface area contributed by atoms with Crippen LogP contribution in [0.1, 0.15) is 100 Å². The number of carbonyl (C=O) groups is 7. The van der Waals surface area contributed by atoms with Gasteiger partial charge in [0.05, 0.1) is 6.54 Å². The third-order valence-electron chi connectivity index (χ3n) is 10.7. The summed E-state index contributed by atoms with van der Waals surface area (Å²) in [5.41, 5.74) is 1.86. The van der Waals surface area contributed by atoms with E-state index in [0.717, 1.165) is 11.1 Å². The van der Waals surface area contributed by atoms with E-state index in [9.17, 15) is 33.6 Å². The Labute approximate surface area is 344 Å². The van der Waals surface area contributed by atoms with Crippen LogP contribution >= 0.6 is 0 Å². The van der Waals surface area contributed by atoms with Gasteiger partial charge in [-0.15, -0.1) is 0 Å². The van der Waals surface area contributed by atoms with E-state index in [2.05, 4.69) is 16.0 Å². The Morgan fingerprint density at radius 3 is 2.09 bits per heavy atom. The number of esters is 2. The lowest BCUT2D eigenvalue weighted by Gasteiger charge is -2.33. The van der Waals surface area contributed by atoms with Crippen molar-refractivity contribution < 1.29 is 43.0 Å². The topological polar surface area (TPSA) is 181 Å². The van der Waals surface area contributed by atoms with Crippen LogP contribution in [0.25, 0.3) is 0 Å². The predicted octanol–water partition coefficient (Wildman–Crippen LogP) is 4.27. The smallest absolute Gasteiger partial charge is 0.334 e. The van der Waals surface area contributed by atoms with Crippen LogP contribution in [-0.4, -0.2) is 108 Å². The number of hydrogen-bond donors (Lipinski definition) is 3. The van der Waals surface area contributed by atoms with Crippen LogP contribution < -0.4 is 16.0 Å². The summed E-state index contributed by atoms with van der Waals surface area (Å²) in [6.07, 6.45) is 3.55.